The smallest absolute Gasteiger partial charge is 0.309 e. The molecule has 37 heavy (non-hydrogen) atoms. The third kappa shape index (κ3) is 6.25. The molecule has 190 valence electrons. The summed E-state index contributed by atoms with van der Waals surface area (Å²) in [7, 11) is 1.61. The zero-order valence-corrected chi connectivity index (χ0v) is 21.7. The van der Waals surface area contributed by atoms with Crippen molar-refractivity contribution in [3.8, 4) is 39.7 Å². The quantitative estimate of drug-likeness (QED) is 0.294. The lowest BCUT2D eigenvalue weighted by atomic mass is 9.92. The Kier molecular flexibility index (Phi) is 7.43. The SMILES string of the molecule is COc1cccc(-c2nn(-c3ccccc3)c(OC(C)=O)c2-c2ccc(NC(=O)CC(C)(C)C)cc2)c1. The molecule has 1 heterocycles. The topological polar surface area (TPSA) is 82.4 Å². The first-order valence-electron chi connectivity index (χ1n) is 12.1. The van der Waals surface area contributed by atoms with Crippen LogP contribution in [-0.2, 0) is 9.59 Å². The second-order valence-electron chi connectivity index (χ2n) is 9.96. The summed E-state index contributed by atoms with van der Waals surface area (Å²) < 4.78 is 12.8. The van der Waals surface area contributed by atoms with E-state index in [2.05, 4.69) is 5.32 Å². The van der Waals surface area contributed by atoms with E-state index in [4.69, 9.17) is 14.6 Å². The van der Waals surface area contributed by atoms with Crippen molar-refractivity contribution in [3.05, 3.63) is 78.9 Å². The summed E-state index contributed by atoms with van der Waals surface area (Å²) in [5.74, 6) is 0.487. The number of carbonyl (C=O) groups excluding carboxylic acids is 2. The van der Waals surface area contributed by atoms with E-state index in [0.717, 1.165) is 16.8 Å². The molecule has 1 N–H and O–H groups in total. The van der Waals surface area contributed by atoms with Gasteiger partial charge in [-0.3, -0.25) is 9.59 Å². The van der Waals surface area contributed by atoms with Gasteiger partial charge < -0.3 is 14.8 Å². The molecular weight excluding hydrogens is 466 g/mol. The summed E-state index contributed by atoms with van der Waals surface area (Å²) in [6.07, 6.45) is 0.412. The molecule has 0 aliphatic rings. The minimum atomic E-state index is -0.457. The fraction of sp³-hybridized carbons (Fsp3) is 0.233. The van der Waals surface area contributed by atoms with Crippen LogP contribution in [-0.4, -0.2) is 28.8 Å². The van der Waals surface area contributed by atoms with Crippen molar-refractivity contribution in [2.24, 2.45) is 5.41 Å². The normalized spacial score (nSPS) is 11.2. The number of methoxy groups -OCH3 is 1. The molecule has 0 saturated heterocycles. The maximum atomic E-state index is 12.4. The van der Waals surface area contributed by atoms with E-state index in [1.165, 1.54) is 6.92 Å². The predicted octanol–water partition coefficient (Wildman–Crippen LogP) is 6.51. The van der Waals surface area contributed by atoms with Gasteiger partial charge in [0.2, 0.25) is 11.8 Å². The zero-order chi connectivity index (χ0) is 26.6. The zero-order valence-electron chi connectivity index (χ0n) is 21.7. The highest BCUT2D eigenvalue weighted by Crippen LogP contribution is 2.41. The molecule has 0 fully saturated rings. The Morgan fingerprint density at radius 2 is 1.62 bits per heavy atom. The van der Waals surface area contributed by atoms with E-state index in [0.29, 0.717) is 35.0 Å². The van der Waals surface area contributed by atoms with Crippen LogP contribution in [0.1, 0.15) is 34.1 Å². The van der Waals surface area contributed by atoms with Crippen molar-refractivity contribution in [2.75, 3.05) is 12.4 Å². The van der Waals surface area contributed by atoms with Crippen molar-refractivity contribution >= 4 is 17.6 Å². The average Bonchev–Trinajstić information content (AvgIpc) is 3.22. The first-order valence-corrected chi connectivity index (χ1v) is 12.1. The molecule has 0 saturated carbocycles. The molecule has 7 heteroatoms. The Bertz CT molecular complexity index is 1400. The summed E-state index contributed by atoms with van der Waals surface area (Å²) in [5.41, 5.74) is 4.19. The maximum Gasteiger partial charge on any atom is 0.309 e. The summed E-state index contributed by atoms with van der Waals surface area (Å²) in [6, 6.07) is 24.5. The number of nitrogens with one attached hydrogen (secondary N) is 1. The van der Waals surface area contributed by atoms with Gasteiger partial charge in [-0.1, -0.05) is 63.2 Å². The molecule has 3 aromatic carbocycles. The van der Waals surface area contributed by atoms with Crippen molar-refractivity contribution in [3.63, 3.8) is 0 Å². The highest BCUT2D eigenvalue weighted by molar-refractivity contribution is 5.92. The van der Waals surface area contributed by atoms with Gasteiger partial charge in [0, 0.05) is 24.6 Å². The standard InChI is InChI=1S/C30H31N3O4/c1-20(34)37-29-27(21-14-16-23(17-15-21)31-26(35)19-30(2,3)4)28(22-10-9-13-25(18-22)36-5)32-33(29)24-11-7-6-8-12-24/h6-18H,19H2,1-5H3,(H,31,35). The molecule has 0 radical (unpaired) electrons. The highest BCUT2D eigenvalue weighted by atomic mass is 16.5. The molecule has 0 aliphatic heterocycles. The van der Waals surface area contributed by atoms with Crippen molar-refractivity contribution < 1.29 is 19.1 Å². The number of hydrogen-bond donors (Lipinski definition) is 1. The molecule has 0 atom stereocenters. The van der Waals surface area contributed by atoms with Gasteiger partial charge in [0.15, 0.2) is 0 Å². The molecular formula is C30H31N3O4. The summed E-state index contributed by atoms with van der Waals surface area (Å²) in [4.78, 5) is 24.6. The van der Waals surface area contributed by atoms with Crippen LogP contribution in [0.3, 0.4) is 0 Å². The Balaban J connectivity index is 1.85. The van der Waals surface area contributed by atoms with E-state index in [9.17, 15) is 9.59 Å². The number of esters is 1. The molecule has 1 amide bonds. The van der Waals surface area contributed by atoms with E-state index in [-0.39, 0.29) is 11.3 Å². The lowest BCUT2D eigenvalue weighted by molar-refractivity contribution is -0.132. The van der Waals surface area contributed by atoms with Gasteiger partial charge in [-0.15, -0.1) is 0 Å². The number of carbonyl (C=O) groups is 2. The Morgan fingerprint density at radius 3 is 2.24 bits per heavy atom. The van der Waals surface area contributed by atoms with Gasteiger partial charge in [0.05, 0.1) is 18.4 Å². The average molecular weight is 498 g/mol. The summed E-state index contributed by atoms with van der Waals surface area (Å²) in [6.45, 7) is 7.44. The monoisotopic (exact) mass is 497 g/mol. The number of amides is 1. The second-order valence-corrected chi connectivity index (χ2v) is 9.96. The largest absolute Gasteiger partial charge is 0.497 e. The minimum absolute atomic E-state index is 0.0465. The van der Waals surface area contributed by atoms with Gasteiger partial charge in [0.1, 0.15) is 11.4 Å². The molecule has 1 aromatic heterocycles. The number of anilines is 1. The van der Waals surface area contributed by atoms with Crippen LogP contribution in [0, 0.1) is 5.41 Å². The predicted molar refractivity (Wildman–Crippen MR) is 145 cm³/mol. The van der Waals surface area contributed by atoms with Crippen LogP contribution in [0.25, 0.3) is 28.1 Å². The maximum absolute atomic E-state index is 12.4. The second kappa shape index (κ2) is 10.7. The number of rotatable bonds is 7. The van der Waals surface area contributed by atoms with Gasteiger partial charge in [-0.05, 0) is 47.4 Å². The van der Waals surface area contributed by atoms with Crippen LogP contribution in [0.15, 0.2) is 78.9 Å². The fourth-order valence-corrected chi connectivity index (χ4v) is 4.02. The Morgan fingerprint density at radius 1 is 0.919 bits per heavy atom. The molecule has 0 unspecified atom stereocenters. The van der Waals surface area contributed by atoms with E-state index < -0.39 is 5.97 Å². The van der Waals surface area contributed by atoms with Crippen LogP contribution in [0.5, 0.6) is 11.6 Å². The number of aromatic nitrogens is 2. The van der Waals surface area contributed by atoms with Crippen LogP contribution in [0.4, 0.5) is 5.69 Å². The van der Waals surface area contributed by atoms with Gasteiger partial charge in [0.25, 0.3) is 0 Å². The number of para-hydroxylation sites is 1. The third-order valence-electron chi connectivity index (χ3n) is 5.58. The number of nitrogens with zero attached hydrogens (tertiary/aromatic N) is 2. The summed E-state index contributed by atoms with van der Waals surface area (Å²) >= 11 is 0. The molecule has 7 nitrogen and oxygen atoms in total. The minimum Gasteiger partial charge on any atom is -0.497 e. The number of benzene rings is 3. The highest BCUT2D eigenvalue weighted by Gasteiger charge is 2.25. The lowest BCUT2D eigenvalue weighted by Crippen LogP contribution is -2.19. The van der Waals surface area contributed by atoms with Crippen molar-refractivity contribution in [2.45, 2.75) is 34.1 Å². The van der Waals surface area contributed by atoms with Gasteiger partial charge in [-0.2, -0.15) is 9.78 Å². The molecule has 0 bridgehead atoms. The van der Waals surface area contributed by atoms with E-state index in [1.54, 1.807) is 11.8 Å². The van der Waals surface area contributed by atoms with E-state index in [1.807, 2.05) is 99.6 Å². The van der Waals surface area contributed by atoms with Gasteiger partial charge in [-0.25, -0.2) is 0 Å². The Labute approximate surface area is 217 Å². The number of hydrogen-bond acceptors (Lipinski definition) is 5. The summed E-state index contributed by atoms with van der Waals surface area (Å²) in [5, 5.41) is 7.84. The van der Waals surface area contributed by atoms with Crippen LogP contribution >= 0.6 is 0 Å². The van der Waals surface area contributed by atoms with E-state index >= 15 is 0 Å². The fourth-order valence-electron chi connectivity index (χ4n) is 4.02. The first-order chi connectivity index (χ1) is 17.6. The molecule has 4 aromatic rings. The lowest BCUT2D eigenvalue weighted by Gasteiger charge is -2.17. The Hall–Kier alpha value is -4.39. The number of ether oxygens (including phenoxy) is 2. The van der Waals surface area contributed by atoms with Crippen LogP contribution in [0.2, 0.25) is 0 Å². The van der Waals surface area contributed by atoms with Crippen LogP contribution < -0.4 is 14.8 Å². The first kappa shape index (κ1) is 25.7. The van der Waals surface area contributed by atoms with Crippen molar-refractivity contribution in [1.29, 1.82) is 0 Å². The van der Waals surface area contributed by atoms with Gasteiger partial charge >= 0.3 is 5.97 Å². The van der Waals surface area contributed by atoms with Crippen molar-refractivity contribution in [1.82, 2.24) is 9.78 Å². The molecule has 4 rings (SSSR count). The molecule has 0 aliphatic carbocycles. The third-order valence-corrected chi connectivity index (χ3v) is 5.58. The molecule has 0 spiro atoms.